The number of nitrogens with zero attached hydrogens (tertiary/aromatic N) is 2. The molecule has 0 aliphatic heterocycles. The normalized spacial score (nSPS) is 11.3. The molecule has 7 nitrogen and oxygen atoms in total. The van der Waals surface area contributed by atoms with Crippen LogP contribution in [0.4, 0.5) is 0 Å². The van der Waals surface area contributed by atoms with Crippen LogP contribution in [0, 0.1) is 13.8 Å². The van der Waals surface area contributed by atoms with Gasteiger partial charge in [-0.05, 0) is 75.1 Å². The van der Waals surface area contributed by atoms with Crippen molar-refractivity contribution in [3.8, 4) is 17.0 Å². The summed E-state index contributed by atoms with van der Waals surface area (Å²) < 4.78 is 7.38. The van der Waals surface area contributed by atoms with Crippen LogP contribution < -0.4 is 15.6 Å². The molecule has 0 unspecified atom stereocenters. The van der Waals surface area contributed by atoms with E-state index in [0.717, 1.165) is 45.3 Å². The predicted octanol–water partition coefficient (Wildman–Crippen LogP) is 5.09. The van der Waals surface area contributed by atoms with Crippen LogP contribution in [0.25, 0.3) is 22.0 Å². The number of hydrogen-bond donors (Lipinski definition) is 2. The number of hydrogen-bond acceptors (Lipinski definition) is 4. The largest absolute Gasteiger partial charge is 0.481 e. The maximum absolute atomic E-state index is 13.6. The van der Waals surface area contributed by atoms with Crippen LogP contribution in [-0.4, -0.2) is 27.6 Å². The molecule has 4 aromatic rings. The first-order valence-electron chi connectivity index (χ1n) is 11.9. The third kappa shape index (κ3) is 4.71. The van der Waals surface area contributed by atoms with Gasteiger partial charge in [0.1, 0.15) is 0 Å². The lowest BCUT2D eigenvalue weighted by Gasteiger charge is -2.14. The molecule has 0 saturated carbocycles. The summed E-state index contributed by atoms with van der Waals surface area (Å²) in [6.45, 7) is 10.3. The molecular formula is C28H32N4O3. The van der Waals surface area contributed by atoms with Gasteiger partial charge in [-0.25, -0.2) is 4.98 Å². The van der Waals surface area contributed by atoms with Gasteiger partial charge in [0, 0.05) is 64.3 Å². The highest BCUT2D eigenvalue weighted by atomic mass is 16.5. The number of amides is 1. The highest BCUT2D eigenvalue weighted by Crippen LogP contribution is 2.33. The molecule has 1 amide bonds. The molecule has 4 rings (SSSR count). The van der Waals surface area contributed by atoms with E-state index in [4.69, 9.17) is 4.74 Å². The number of H-pyrrole nitrogens is 1. The number of aromatic nitrogens is 3. The van der Waals surface area contributed by atoms with E-state index in [9.17, 15) is 9.59 Å². The second kappa shape index (κ2) is 9.78. The molecule has 0 bridgehead atoms. The lowest BCUT2D eigenvalue weighted by Crippen LogP contribution is -2.28. The summed E-state index contributed by atoms with van der Waals surface area (Å²) in [6.07, 6.45) is 4.55. The average Bonchev–Trinajstić information content (AvgIpc) is 3.19. The number of fused-ring (bicyclic) bond motifs is 1. The molecular weight excluding hydrogens is 440 g/mol. The third-order valence-electron chi connectivity index (χ3n) is 6.37. The molecule has 0 aliphatic rings. The molecule has 7 heteroatoms. The fraction of sp³-hybridized carbons (Fsp3) is 0.321. The first-order valence-corrected chi connectivity index (χ1v) is 11.9. The number of benzene rings is 1. The van der Waals surface area contributed by atoms with Crippen molar-refractivity contribution in [2.24, 2.45) is 0 Å². The van der Waals surface area contributed by atoms with Gasteiger partial charge in [-0.3, -0.25) is 9.59 Å². The maximum Gasteiger partial charge on any atom is 0.253 e. The molecule has 3 aromatic heterocycles. The van der Waals surface area contributed by atoms with Crippen LogP contribution in [0.15, 0.2) is 47.5 Å². The van der Waals surface area contributed by atoms with Gasteiger partial charge in [0.2, 0.25) is 5.88 Å². The zero-order chi connectivity index (χ0) is 25.3. The number of ether oxygens (including phenoxy) is 1. The van der Waals surface area contributed by atoms with Crippen molar-refractivity contribution >= 4 is 16.8 Å². The Bertz CT molecular complexity index is 1450. The second-order valence-electron chi connectivity index (χ2n) is 9.14. The number of carbonyl (C=O) groups excluding carboxylic acids is 1. The lowest BCUT2D eigenvalue weighted by molar-refractivity contribution is 0.0952. The topological polar surface area (TPSA) is 89.0 Å². The Labute approximate surface area is 205 Å². The van der Waals surface area contributed by atoms with Crippen molar-refractivity contribution in [1.82, 2.24) is 19.9 Å². The van der Waals surface area contributed by atoms with Gasteiger partial charge >= 0.3 is 0 Å². The minimum Gasteiger partial charge on any atom is -0.481 e. The summed E-state index contributed by atoms with van der Waals surface area (Å²) in [7, 11) is 1.58. The summed E-state index contributed by atoms with van der Waals surface area (Å²) >= 11 is 0. The van der Waals surface area contributed by atoms with Gasteiger partial charge in [0.05, 0.1) is 7.11 Å². The third-order valence-corrected chi connectivity index (χ3v) is 6.37. The van der Waals surface area contributed by atoms with Crippen LogP contribution in [0.5, 0.6) is 5.88 Å². The van der Waals surface area contributed by atoms with E-state index in [1.54, 1.807) is 13.3 Å². The minimum atomic E-state index is -0.218. The Morgan fingerprint density at radius 3 is 2.57 bits per heavy atom. The fourth-order valence-corrected chi connectivity index (χ4v) is 4.59. The number of methoxy groups -OCH3 is 1. The van der Waals surface area contributed by atoms with E-state index in [-0.39, 0.29) is 24.1 Å². The SMILES string of the molecule is CCc1cc(C)[nH]c(=O)c1CNC(=O)c1cc(-c2ccc(OC)nc2)cc2c1c(C)cn2C(C)C. The molecule has 0 saturated heterocycles. The highest BCUT2D eigenvalue weighted by molar-refractivity contribution is 6.09. The van der Waals surface area contributed by atoms with E-state index in [2.05, 4.69) is 46.0 Å². The average molecular weight is 473 g/mol. The molecule has 0 atom stereocenters. The van der Waals surface area contributed by atoms with E-state index in [1.807, 2.05) is 45.0 Å². The molecule has 2 N–H and O–H groups in total. The lowest BCUT2D eigenvalue weighted by atomic mass is 9.98. The molecule has 0 fully saturated rings. The van der Waals surface area contributed by atoms with Gasteiger partial charge in [0.15, 0.2) is 0 Å². The Kier molecular flexibility index (Phi) is 6.78. The first kappa shape index (κ1) is 24.3. The van der Waals surface area contributed by atoms with Crippen LogP contribution in [0.1, 0.15) is 59.6 Å². The standard InChI is InChI=1S/C28H32N4O3/c1-7-19-10-18(5)31-28(34)23(19)14-30-27(33)22-11-21(20-8-9-25(35-6)29-13-20)12-24-26(22)17(4)15-32(24)16(2)3/h8-13,15-16H,7,14H2,1-6H3,(H,30,33)(H,31,34). The van der Waals surface area contributed by atoms with Gasteiger partial charge in [-0.15, -0.1) is 0 Å². The molecule has 0 aliphatic carbocycles. The van der Waals surface area contributed by atoms with Crippen molar-refractivity contribution in [3.05, 3.63) is 81.0 Å². The Morgan fingerprint density at radius 2 is 1.94 bits per heavy atom. The Balaban J connectivity index is 1.79. The smallest absolute Gasteiger partial charge is 0.253 e. The quantitative estimate of drug-likeness (QED) is 0.392. The van der Waals surface area contributed by atoms with E-state index < -0.39 is 0 Å². The zero-order valence-corrected chi connectivity index (χ0v) is 21.2. The van der Waals surface area contributed by atoms with Gasteiger partial charge in [0.25, 0.3) is 11.5 Å². The van der Waals surface area contributed by atoms with Crippen molar-refractivity contribution < 1.29 is 9.53 Å². The van der Waals surface area contributed by atoms with Gasteiger partial charge in [-0.1, -0.05) is 6.92 Å². The Hall–Kier alpha value is -3.87. The van der Waals surface area contributed by atoms with Crippen molar-refractivity contribution in [2.75, 3.05) is 7.11 Å². The highest BCUT2D eigenvalue weighted by Gasteiger charge is 2.19. The maximum atomic E-state index is 13.6. The van der Waals surface area contributed by atoms with Crippen LogP contribution in [-0.2, 0) is 13.0 Å². The number of aryl methyl sites for hydroxylation is 3. The summed E-state index contributed by atoms with van der Waals surface area (Å²) in [5.41, 5.74) is 6.56. The molecule has 0 spiro atoms. The van der Waals surface area contributed by atoms with Crippen LogP contribution >= 0.6 is 0 Å². The summed E-state index contributed by atoms with van der Waals surface area (Å²) in [4.78, 5) is 33.3. The summed E-state index contributed by atoms with van der Waals surface area (Å²) in [5, 5.41) is 3.91. The van der Waals surface area contributed by atoms with Crippen LogP contribution in [0.2, 0.25) is 0 Å². The van der Waals surface area contributed by atoms with E-state index in [0.29, 0.717) is 17.0 Å². The van der Waals surface area contributed by atoms with Crippen LogP contribution in [0.3, 0.4) is 0 Å². The molecule has 0 radical (unpaired) electrons. The predicted molar refractivity (Wildman–Crippen MR) is 139 cm³/mol. The number of carbonyl (C=O) groups is 1. The van der Waals surface area contributed by atoms with Crippen molar-refractivity contribution in [3.63, 3.8) is 0 Å². The summed E-state index contributed by atoms with van der Waals surface area (Å²) in [6, 6.07) is 9.93. The molecule has 3 heterocycles. The Morgan fingerprint density at radius 1 is 1.17 bits per heavy atom. The van der Waals surface area contributed by atoms with E-state index in [1.165, 1.54) is 0 Å². The monoisotopic (exact) mass is 472 g/mol. The minimum absolute atomic E-state index is 0.160. The van der Waals surface area contributed by atoms with Gasteiger partial charge < -0.3 is 19.6 Å². The molecule has 35 heavy (non-hydrogen) atoms. The number of aromatic amines is 1. The molecule has 182 valence electrons. The van der Waals surface area contributed by atoms with Crippen molar-refractivity contribution in [2.45, 2.75) is 53.6 Å². The van der Waals surface area contributed by atoms with E-state index >= 15 is 0 Å². The first-order chi connectivity index (χ1) is 16.7. The zero-order valence-electron chi connectivity index (χ0n) is 21.2. The fourth-order valence-electron chi connectivity index (χ4n) is 4.59. The number of nitrogens with one attached hydrogen (secondary N) is 2. The van der Waals surface area contributed by atoms with Gasteiger partial charge in [-0.2, -0.15) is 0 Å². The van der Waals surface area contributed by atoms with Crippen molar-refractivity contribution in [1.29, 1.82) is 0 Å². The number of pyridine rings is 2. The molecule has 1 aromatic carbocycles. The summed E-state index contributed by atoms with van der Waals surface area (Å²) in [5.74, 6) is 0.314. The second-order valence-corrected chi connectivity index (χ2v) is 9.14. The number of rotatable bonds is 7.